The summed E-state index contributed by atoms with van der Waals surface area (Å²) in [5, 5.41) is 8.82. The summed E-state index contributed by atoms with van der Waals surface area (Å²) in [5.41, 5.74) is 5.75. The topological polar surface area (TPSA) is 102 Å². The Hall–Kier alpha value is -2.57. The average Bonchev–Trinajstić information content (AvgIpc) is 2.30. The Balaban J connectivity index is 2.50. The van der Waals surface area contributed by atoms with E-state index in [0.717, 1.165) is 6.07 Å². The first-order valence-electron chi connectivity index (χ1n) is 4.55. The van der Waals surface area contributed by atoms with Crippen molar-refractivity contribution in [3.63, 3.8) is 0 Å². The first-order chi connectivity index (χ1) is 8.08. The van der Waals surface area contributed by atoms with Crippen LogP contribution in [0.5, 0.6) is 0 Å². The van der Waals surface area contributed by atoms with Gasteiger partial charge in [-0.2, -0.15) is 4.39 Å². The van der Waals surface area contributed by atoms with Crippen LogP contribution < -0.4 is 5.73 Å². The van der Waals surface area contributed by atoms with Crippen LogP contribution in [-0.4, -0.2) is 26.0 Å². The molecule has 2 aromatic heterocycles. The van der Waals surface area contributed by atoms with Crippen molar-refractivity contribution in [2.45, 2.75) is 0 Å². The summed E-state index contributed by atoms with van der Waals surface area (Å²) >= 11 is 0. The van der Waals surface area contributed by atoms with Gasteiger partial charge >= 0.3 is 5.97 Å². The molecular weight excluding hydrogens is 227 g/mol. The first kappa shape index (κ1) is 10.9. The summed E-state index contributed by atoms with van der Waals surface area (Å²) in [6.07, 6.45) is 2.54. The van der Waals surface area contributed by atoms with Gasteiger partial charge in [-0.1, -0.05) is 0 Å². The van der Waals surface area contributed by atoms with E-state index in [-0.39, 0.29) is 17.2 Å². The normalized spacial score (nSPS) is 10.2. The molecule has 0 saturated heterocycles. The number of aromatic carboxylic acids is 1. The maximum Gasteiger partial charge on any atom is 0.358 e. The molecule has 0 fully saturated rings. The van der Waals surface area contributed by atoms with E-state index in [1.807, 2.05) is 0 Å². The van der Waals surface area contributed by atoms with Crippen molar-refractivity contribution in [1.82, 2.24) is 15.0 Å². The predicted octanol–water partition coefficient (Wildman–Crippen LogP) is 0.958. The summed E-state index contributed by atoms with van der Waals surface area (Å²) in [4.78, 5) is 21.8. The number of pyridine rings is 1. The van der Waals surface area contributed by atoms with Crippen LogP contribution >= 0.6 is 0 Å². The van der Waals surface area contributed by atoms with E-state index < -0.39 is 11.9 Å². The van der Waals surface area contributed by atoms with Gasteiger partial charge in [-0.05, 0) is 12.1 Å². The van der Waals surface area contributed by atoms with E-state index in [4.69, 9.17) is 10.8 Å². The van der Waals surface area contributed by atoms with E-state index in [2.05, 4.69) is 15.0 Å². The number of anilines is 1. The largest absolute Gasteiger partial charge is 0.476 e. The van der Waals surface area contributed by atoms with E-state index in [0.29, 0.717) is 5.56 Å². The molecule has 0 aliphatic rings. The van der Waals surface area contributed by atoms with Crippen LogP contribution in [-0.2, 0) is 0 Å². The molecular formula is C10H7FN4O2. The average molecular weight is 234 g/mol. The van der Waals surface area contributed by atoms with Crippen LogP contribution in [0.15, 0.2) is 24.5 Å². The predicted molar refractivity (Wildman–Crippen MR) is 56.6 cm³/mol. The van der Waals surface area contributed by atoms with Crippen LogP contribution in [0.3, 0.4) is 0 Å². The number of hydrogen-bond donors (Lipinski definition) is 2. The SMILES string of the molecule is Nc1ncc(-c2ccc(F)nc2)nc1C(=O)O. The molecule has 0 amide bonds. The lowest BCUT2D eigenvalue weighted by Gasteiger charge is -2.03. The van der Waals surface area contributed by atoms with Gasteiger partial charge in [0.05, 0.1) is 11.9 Å². The number of halogens is 1. The van der Waals surface area contributed by atoms with Crippen molar-refractivity contribution < 1.29 is 14.3 Å². The van der Waals surface area contributed by atoms with Crippen molar-refractivity contribution in [1.29, 1.82) is 0 Å². The highest BCUT2D eigenvalue weighted by atomic mass is 19.1. The number of carboxylic acids is 1. The molecule has 3 N–H and O–H groups in total. The van der Waals surface area contributed by atoms with Crippen LogP contribution in [0.4, 0.5) is 10.2 Å². The zero-order chi connectivity index (χ0) is 12.4. The third kappa shape index (κ3) is 2.17. The number of nitrogens with two attached hydrogens (primary N) is 1. The number of hydrogen-bond acceptors (Lipinski definition) is 5. The second-order valence-electron chi connectivity index (χ2n) is 3.16. The highest BCUT2D eigenvalue weighted by Crippen LogP contribution is 2.17. The Bertz CT molecular complexity index is 571. The smallest absolute Gasteiger partial charge is 0.358 e. The fourth-order valence-corrected chi connectivity index (χ4v) is 1.22. The summed E-state index contributed by atoms with van der Waals surface area (Å²) in [6, 6.07) is 2.57. The minimum Gasteiger partial charge on any atom is -0.476 e. The van der Waals surface area contributed by atoms with Gasteiger partial charge in [0.25, 0.3) is 0 Å². The monoisotopic (exact) mass is 234 g/mol. The standard InChI is InChI=1S/C10H7FN4O2/c11-7-2-1-5(3-13-7)6-4-14-9(12)8(15-6)10(16)17/h1-4H,(H2,12,14)(H,16,17). The molecule has 0 aliphatic carbocycles. The second kappa shape index (κ2) is 4.12. The highest BCUT2D eigenvalue weighted by Gasteiger charge is 2.13. The van der Waals surface area contributed by atoms with Gasteiger partial charge in [0, 0.05) is 11.8 Å². The second-order valence-corrected chi connectivity index (χ2v) is 3.16. The zero-order valence-corrected chi connectivity index (χ0v) is 8.46. The Morgan fingerprint density at radius 1 is 1.29 bits per heavy atom. The molecule has 0 saturated carbocycles. The molecule has 86 valence electrons. The zero-order valence-electron chi connectivity index (χ0n) is 8.46. The molecule has 17 heavy (non-hydrogen) atoms. The molecule has 0 aromatic carbocycles. The Morgan fingerprint density at radius 3 is 2.65 bits per heavy atom. The molecule has 0 atom stereocenters. The van der Waals surface area contributed by atoms with E-state index in [1.165, 1.54) is 18.5 Å². The van der Waals surface area contributed by atoms with E-state index in [1.54, 1.807) is 0 Å². The quantitative estimate of drug-likeness (QED) is 0.750. The molecule has 2 heterocycles. The summed E-state index contributed by atoms with van der Waals surface area (Å²) in [6.45, 7) is 0. The van der Waals surface area contributed by atoms with Crippen molar-refractivity contribution in [3.05, 3.63) is 36.2 Å². The van der Waals surface area contributed by atoms with Crippen LogP contribution in [0.25, 0.3) is 11.3 Å². The van der Waals surface area contributed by atoms with Gasteiger partial charge in [-0.3, -0.25) is 0 Å². The van der Waals surface area contributed by atoms with E-state index >= 15 is 0 Å². The molecule has 2 aromatic rings. The van der Waals surface area contributed by atoms with Gasteiger partial charge < -0.3 is 10.8 Å². The molecule has 0 aliphatic heterocycles. The summed E-state index contributed by atoms with van der Waals surface area (Å²) in [5.74, 6) is -2.07. The number of carbonyl (C=O) groups is 1. The fourth-order valence-electron chi connectivity index (χ4n) is 1.22. The minimum atomic E-state index is -1.27. The highest BCUT2D eigenvalue weighted by molar-refractivity contribution is 5.90. The molecule has 2 rings (SSSR count). The van der Waals surface area contributed by atoms with E-state index in [9.17, 15) is 9.18 Å². The number of nitrogen functional groups attached to an aromatic ring is 1. The number of rotatable bonds is 2. The summed E-state index contributed by atoms with van der Waals surface area (Å²) < 4.78 is 12.6. The summed E-state index contributed by atoms with van der Waals surface area (Å²) in [7, 11) is 0. The van der Waals surface area contributed by atoms with Crippen LogP contribution in [0, 0.1) is 5.95 Å². The van der Waals surface area contributed by atoms with Gasteiger partial charge in [-0.25, -0.2) is 19.7 Å². The minimum absolute atomic E-state index is 0.170. The molecule has 6 nitrogen and oxygen atoms in total. The molecule has 0 bridgehead atoms. The molecule has 0 unspecified atom stereocenters. The van der Waals surface area contributed by atoms with Crippen molar-refractivity contribution in [2.24, 2.45) is 0 Å². The van der Waals surface area contributed by atoms with Gasteiger partial charge in [0.1, 0.15) is 0 Å². The lowest BCUT2D eigenvalue weighted by Crippen LogP contribution is -2.08. The van der Waals surface area contributed by atoms with Gasteiger partial charge in [0.2, 0.25) is 5.95 Å². The van der Waals surface area contributed by atoms with Gasteiger partial charge in [0.15, 0.2) is 11.5 Å². The molecule has 0 radical (unpaired) electrons. The third-order valence-corrected chi connectivity index (χ3v) is 2.03. The van der Waals surface area contributed by atoms with Gasteiger partial charge in [-0.15, -0.1) is 0 Å². The van der Waals surface area contributed by atoms with Crippen molar-refractivity contribution >= 4 is 11.8 Å². The number of nitrogens with zero attached hydrogens (tertiary/aromatic N) is 3. The Labute approximate surface area is 95.0 Å². The maximum absolute atomic E-state index is 12.6. The first-order valence-corrected chi connectivity index (χ1v) is 4.55. The third-order valence-electron chi connectivity index (χ3n) is 2.03. The Kier molecular flexibility index (Phi) is 2.65. The van der Waals surface area contributed by atoms with Crippen molar-refractivity contribution in [3.8, 4) is 11.3 Å². The Morgan fingerprint density at radius 2 is 2.06 bits per heavy atom. The molecule has 7 heteroatoms. The maximum atomic E-state index is 12.6. The van der Waals surface area contributed by atoms with Crippen LogP contribution in [0.1, 0.15) is 10.5 Å². The lowest BCUT2D eigenvalue weighted by atomic mass is 10.2. The lowest BCUT2D eigenvalue weighted by molar-refractivity contribution is 0.0691. The number of carboxylic acid groups (broad SMARTS) is 1. The fraction of sp³-hybridized carbons (Fsp3) is 0. The number of aromatic nitrogens is 3. The molecule has 0 spiro atoms. The van der Waals surface area contributed by atoms with Crippen molar-refractivity contribution in [2.75, 3.05) is 5.73 Å². The van der Waals surface area contributed by atoms with Crippen LogP contribution in [0.2, 0.25) is 0 Å².